The quantitative estimate of drug-likeness (QED) is 0.619. The Morgan fingerprint density at radius 1 is 1.30 bits per heavy atom. The number of aromatic nitrogens is 4. The van der Waals surface area contributed by atoms with E-state index in [9.17, 15) is 14.0 Å². The van der Waals surface area contributed by atoms with E-state index in [1.165, 1.54) is 30.4 Å². The maximum absolute atomic E-state index is 12.9. The molecule has 1 amide bonds. The van der Waals surface area contributed by atoms with E-state index in [1.54, 1.807) is 12.1 Å². The van der Waals surface area contributed by atoms with Crippen LogP contribution in [0.5, 0.6) is 0 Å². The van der Waals surface area contributed by atoms with Gasteiger partial charge in [0.2, 0.25) is 5.82 Å². The number of nitrogens with zero attached hydrogens (tertiary/aromatic N) is 4. The number of tetrazole rings is 1. The summed E-state index contributed by atoms with van der Waals surface area (Å²) < 4.78 is 17.9. The summed E-state index contributed by atoms with van der Waals surface area (Å²) in [5.74, 6) is -1.05. The van der Waals surface area contributed by atoms with Crippen LogP contribution in [0, 0.1) is 5.82 Å². The molecule has 2 heterocycles. The lowest BCUT2D eigenvalue weighted by Gasteiger charge is -2.13. The molecule has 0 aliphatic rings. The number of esters is 1. The third kappa shape index (κ3) is 5.17. The predicted octanol–water partition coefficient (Wildman–Crippen LogP) is 1.79. The first-order valence-corrected chi connectivity index (χ1v) is 8.92. The molecule has 1 aromatic carbocycles. The van der Waals surface area contributed by atoms with Crippen LogP contribution in [0.2, 0.25) is 0 Å². The lowest BCUT2D eigenvalue weighted by atomic mass is 10.2. The molecule has 3 rings (SSSR count). The van der Waals surface area contributed by atoms with Crippen LogP contribution in [0.1, 0.15) is 12.5 Å². The summed E-state index contributed by atoms with van der Waals surface area (Å²) in [5.41, 5.74) is 0.733. The van der Waals surface area contributed by atoms with E-state index in [-0.39, 0.29) is 18.9 Å². The van der Waals surface area contributed by atoms with Crippen molar-refractivity contribution in [3.8, 4) is 10.7 Å². The fourth-order valence-corrected chi connectivity index (χ4v) is 2.80. The Bertz CT molecular complexity index is 911. The zero-order chi connectivity index (χ0) is 19.2. The number of halogens is 1. The molecule has 0 fully saturated rings. The monoisotopic (exact) mass is 389 g/mol. The second-order valence-electron chi connectivity index (χ2n) is 5.60. The van der Waals surface area contributed by atoms with Crippen molar-refractivity contribution in [2.45, 2.75) is 26.1 Å². The first-order valence-electron chi connectivity index (χ1n) is 8.04. The number of thiophene rings is 1. The summed E-state index contributed by atoms with van der Waals surface area (Å²) >= 11 is 1.46. The van der Waals surface area contributed by atoms with Crippen LogP contribution in [-0.2, 0) is 27.4 Å². The number of rotatable bonds is 7. The van der Waals surface area contributed by atoms with Crippen LogP contribution in [0.15, 0.2) is 41.8 Å². The number of carbonyl (C=O) groups excluding carboxylic acids is 2. The first kappa shape index (κ1) is 18.6. The van der Waals surface area contributed by atoms with E-state index >= 15 is 0 Å². The van der Waals surface area contributed by atoms with Crippen LogP contribution in [0.4, 0.5) is 4.39 Å². The van der Waals surface area contributed by atoms with E-state index < -0.39 is 18.0 Å². The molecule has 27 heavy (non-hydrogen) atoms. The minimum Gasteiger partial charge on any atom is -0.451 e. The van der Waals surface area contributed by atoms with Crippen LogP contribution in [0.3, 0.4) is 0 Å². The summed E-state index contributed by atoms with van der Waals surface area (Å²) in [6.45, 7) is 1.41. The zero-order valence-corrected chi connectivity index (χ0v) is 15.1. The van der Waals surface area contributed by atoms with Gasteiger partial charge in [0.05, 0.1) is 4.88 Å². The molecule has 1 N–H and O–H groups in total. The minimum atomic E-state index is -0.988. The summed E-state index contributed by atoms with van der Waals surface area (Å²) in [6, 6.07) is 9.45. The summed E-state index contributed by atoms with van der Waals surface area (Å²) in [6.07, 6.45) is -0.988. The van der Waals surface area contributed by atoms with Crippen molar-refractivity contribution < 1.29 is 18.7 Å². The minimum absolute atomic E-state index is 0.204. The maximum Gasteiger partial charge on any atom is 0.330 e. The number of carbonyl (C=O) groups is 2. The molecule has 0 unspecified atom stereocenters. The molecule has 0 bridgehead atoms. The molecule has 10 heteroatoms. The van der Waals surface area contributed by atoms with Crippen molar-refractivity contribution in [3.63, 3.8) is 0 Å². The van der Waals surface area contributed by atoms with Gasteiger partial charge in [-0.2, -0.15) is 4.80 Å². The summed E-state index contributed by atoms with van der Waals surface area (Å²) in [4.78, 5) is 25.9. The number of hydrogen-bond donors (Lipinski definition) is 1. The number of nitrogens with one attached hydrogen (secondary N) is 1. The highest BCUT2D eigenvalue weighted by Crippen LogP contribution is 2.19. The number of ether oxygens (including phenoxy) is 1. The van der Waals surface area contributed by atoms with Crippen molar-refractivity contribution in [1.29, 1.82) is 0 Å². The molecule has 0 saturated heterocycles. The highest BCUT2D eigenvalue weighted by atomic mass is 32.1. The molecule has 0 saturated carbocycles. The fraction of sp³-hybridized carbons (Fsp3) is 0.235. The number of benzene rings is 1. The maximum atomic E-state index is 12.9. The molecule has 140 valence electrons. The Hall–Kier alpha value is -3.14. The van der Waals surface area contributed by atoms with Gasteiger partial charge in [-0.25, -0.2) is 9.18 Å². The molecule has 0 aliphatic carbocycles. The van der Waals surface area contributed by atoms with Gasteiger partial charge in [0, 0.05) is 6.54 Å². The predicted molar refractivity (Wildman–Crippen MR) is 94.9 cm³/mol. The second-order valence-corrected chi connectivity index (χ2v) is 6.54. The lowest BCUT2D eigenvalue weighted by Crippen LogP contribution is -2.36. The Balaban J connectivity index is 1.46. The lowest BCUT2D eigenvalue weighted by molar-refractivity contribution is -0.155. The standard InChI is InChI=1S/C17H16FN5O3S/c1-11(17(25)19-9-12-4-6-13(18)7-5-12)26-15(24)10-23-21-16(20-22-23)14-3-2-8-27-14/h2-8,11H,9-10H2,1H3,(H,19,25)/t11-/m0/s1. The van der Waals surface area contributed by atoms with Gasteiger partial charge < -0.3 is 10.1 Å². The van der Waals surface area contributed by atoms with Crippen LogP contribution >= 0.6 is 11.3 Å². The molecule has 8 nitrogen and oxygen atoms in total. The molecular weight excluding hydrogens is 373 g/mol. The second kappa shape index (κ2) is 8.49. The summed E-state index contributed by atoms with van der Waals surface area (Å²) in [5, 5.41) is 16.3. The van der Waals surface area contributed by atoms with Gasteiger partial charge in [-0.05, 0) is 41.3 Å². The van der Waals surface area contributed by atoms with Crippen molar-refractivity contribution >= 4 is 23.2 Å². The van der Waals surface area contributed by atoms with Gasteiger partial charge in [-0.15, -0.1) is 21.5 Å². The average Bonchev–Trinajstić information content (AvgIpc) is 3.32. The SMILES string of the molecule is C[C@H](OC(=O)Cn1nnc(-c2cccs2)n1)C(=O)NCc1ccc(F)cc1. The molecular formula is C17H16FN5O3S. The van der Waals surface area contributed by atoms with E-state index in [0.717, 1.165) is 15.2 Å². The van der Waals surface area contributed by atoms with E-state index in [0.29, 0.717) is 5.82 Å². The highest BCUT2D eigenvalue weighted by molar-refractivity contribution is 7.13. The third-order valence-electron chi connectivity index (χ3n) is 3.52. The summed E-state index contributed by atoms with van der Waals surface area (Å²) in [7, 11) is 0. The fourth-order valence-electron chi connectivity index (χ4n) is 2.15. The Morgan fingerprint density at radius 3 is 2.78 bits per heavy atom. The molecule has 2 aromatic heterocycles. The Morgan fingerprint density at radius 2 is 2.07 bits per heavy atom. The highest BCUT2D eigenvalue weighted by Gasteiger charge is 2.19. The molecule has 0 spiro atoms. The van der Waals surface area contributed by atoms with Crippen LogP contribution in [-0.4, -0.2) is 38.2 Å². The largest absolute Gasteiger partial charge is 0.451 e. The van der Waals surface area contributed by atoms with Gasteiger partial charge in [-0.1, -0.05) is 18.2 Å². The number of hydrogen-bond acceptors (Lipinski definition) is 7. The van der Waals surface area contributed by atoms with E-state index in [1.807, 2.05) is 17.5 Å². The van der Waals surface area contributed by atoms with Gasteiger partial charge in [0.25, 0.3) is 5.91 Å². The van der Waals surface area contributed by atoms with E-state index in [2.05, 4.69) is 20.7 Å². The van der Waals surface area contributed by atoms with Gasteiger partial charge >= 0.3 is 5.97 Å². The Labute approximate surface area is 158 Å². The van der Waals surface area contributed by atoms with Crippen molar-refractivity contribution in [1.82, 2.24) is 25.5 Å². The third-order valence-corrected chi connectivity index (χ3v) is 4.39. The smallest absolute Gasteiger partial charge is 0.330 e. The van der Waals surface area contributed by atoms with E-state index in [4.69, 9.17) is 4.74 Å². The zero-order valence-electron chi connectivity index (χ0n) is 14.3. The first-order chi connectivity index (χ1) is 13.0. The number of amides is 1. The topological polar surface area (TPSA) is 99.0 Å². The Kier molecular flexibility index (Phi) is 5.87. The van der Waals surface area contributed by atoms with Crippen molar-refractivity contribution in [3.05, 3.63) is 53.2 Å². The average molecular weight is 389 g/mol. The van der Waals surface area contributed by atoms with Crippen LogP contribution in [0.25, 0.3) is 10.7 Å². The van der Waals surface area contributed by atoms with Crippen molar-refractivity contribution in [2.24, 2.45) is 0 Å². The van der Waals surface area contributed by atoms with Gasteiger partial charge in [0.15, 0.2) is 12.6 Å². The molecule has 3 aromatic rings. The van der Waals surface area contributed by atoms with Crippen LogP contribution < -0.4 is 5.32 Å². The van der Waals surface area contributed by atoms with Gasteiger partial charge in [-0.3, -0.25) is 4.79 Å². The van der Waals surface area contributed by atoms with Crippen molar-refractivity contribution in [2.75, 3.05) is 0 Å². The molecule has 0 radical (unpaired) electrons. The normalized spacial score (nSPS) is 11.8. The van der Waals surface area contributed by atoms with Gasteiger partial charge in [0.1, 0.15) is 5.82 Å². The molecule has 1 atom stereocenters. The molecule has 0 aliphatic heterocycles.